The predicted molar refractivity (Wildman–Crippen MR) is 45.4 cm³/mol. The van der Waals surface area contributed by atoms with Gasteiger partial charge in [-0.25, -0.2) is 0 Å². The van der Waals surface area contributed by atoms with Crippen LogP contribution in [0, 0.1) is 0 Å². The predicted octanol–water partition coefficient (Wildman–Crippen LogP) is 0.785. The van der Waals surface area contributed by atoms with Crippen molar-refractivity contribution in [3.63, 3.8) is 0 Å². The molecule has 3 nitrogen and oxygen atoms in total. The number of nitrogens with one attached hydrogen (secondary N) is 1. The largest absolute Gasteiger partial charge is 0.504 e. The first-order valence-electron chi connectivity index (χ1n) is 4.00. The summed E-state index contributed by atoms with van der Waals surface area (Å²) < 4.78 is 0. The van der Waals surface area contributed by atoms with E-state index in [0.29, 0.717) is 5.92 Å². The van der Waals surface area contributed by atoms with E-state index in [2.05, 4.69) is 5.32 Å². The Labute approximate surface area is 70.7 Å². The highest BCUT2D eigenvalue weighted by Gasteiger charge is 2.19. The molecule has 0 atom stereocenters. The molecule has 1 aliphatic rings. The maximum atomic E-state index is 9.20. The zero-order valence-corrected chi connectivity index (χ0v) is 6.62. The minimum Gasteiger partial charge on any atom is -0.504 e. The molecule has 12 heavy (non-hydrogen) atoms. The van der Waals surface area contributed by atoms with Gasteiger partial charge in [-0.05, 0) is 17.7 Å². The molecule has 1 aromatic carbocycles. The van der Waals surface area contributed by atoms with Crippen LogP contribution in [-0.4, -0.2) is 23.3 Å². The third kappa shape index (κ3) is 1.12. The van der Waals surface area contributed by atoms with Gasteiger partial charge in [-0.15, -0.1) is 0 Å². The van der Waals surface area contributed by atoms with Crippen LogP contribution in [0.1, 0.15) is 11.5 Å². The summed E-state index contributed by atoms with van der Waals surface area (Å²) in [6, 6.07) is 5.00. The van der Waals surface area contributed by atoms with Gasteiger partial charge >= 0.3 is 0 Å². The smallest absolute Gasteiger partial charge is 0.157 e. The van der Waals surface area contributed by atoms with Gasteiger partial charge in [0.1, 0.15) is 0 Å². The molecule has 0 radical (unpaired) electrons. The first-order chi connectivity index (χ1) is 5.77. The van der Waals surface area contributed by atoms with Crippen LogP contribution in [0.3, 0.4) is 0 Å². The molecule has 0 aliphatic carbocycles. The molecule has 0 spiro atoms. The fourth-order valence-electron chi connectivity index (χ4n) is 1.32. The number of aromatic hydroxyl groups is 2. The van der Waals surface area contributed by atoms with Crippen molar-refractivity contribution in [1.29, 1.82) is 0 Å². The average Bonchev–Trinajstić information content (AvgIpc) is 1.93. The van der Waals surface area contributed by atoms with E-state index in [1.165, 1.54) is 6.07 Å². The van der Waals surface area contributed by atoms with Gasteiger partial charge in [-0.2, -0.15) is 0 Å². The molecule has 1 aliphatic heterocycles. The number of rotatable bonds is 1. The Morgan fingerprint density at radius 2 is 1.92 bits per heavy atom. The van der Waals surface area contributed by atoms with E-state index in [1.54, 1.807) is 6.07 Å². The minimum atomic E-state index is -0.0500. The highest BCUT2D eigenvalue weighted by atomic mass is 16.3. The van der Waals surface area contributed by atoms with E-state index in [1.807, 2.05) is 6.07 Å². The van der Waals surface area contributed by atoms with Crippen LogP contribution in [0.15, 0.2) is 18.2 Å². The number of hydrogen-bond donors (Lipinski definition) is 3. The third-order valence-electron chi connectivity index (χ3n) is 2.25. The molecule has 64 valence electrons. The molecular formula is C9H11NO2. The minimum absolute atomic E-state index is 0.0283. The van der Waals surface area contributed by atoms with Crippen molar-refractivity contribution < 1.29 is 10.2 Å². The molecule has 1 fully saturated rings. The standard InChI is InChI=1S/C9H11NO2/c11-8-2-1-6(3-9(8)12)7-4-10-5-7/h1-3,7,10-12H,4-5H2. The molecule has 1 saturated heterocycles. The summed E-state index contributed by atoms with van der Waals surface area (Å²) in [6.07, 6.45) is 0. The average molecular weight is 165 g/mol. The molecule has 0 bridgehead atoms. The summed E-state index contributed by atoms with van der Waals surface area (Å²) in [6.45, 7) is 1.93. The highest BCUT2D eigenvalue weighted by Crippen LogP contribution is 2.29. The summed E-state index contributed by atoms with van der Waals surface area (Å²) in [7, 11) is 0. The van der Waals surface area contributed by atoms with Gasteiger partial charge in [0.05, 0.1) is 0 Å². The van der Waals surface area contributed by atoms with Crippen molar-refractivity contribution in [2.24, 2.45) is 0 Å². The number of benzene rings is 1. The van der Waals surface area contributed by atoms with Crippen LogP contribution in [0.5, 0.6) is 11.5 Å². The van der Waals surface area contributed by atoms with E-state index in [9.17, 15) is 5.11 Å². The second-order valence-corrected chi connectivity index (χ2v) is 3.10. The summed E-state index contributed by atoms with van der Waals surface area (Å²) in [5, 5.41) is 21.4. The maximum absolute atomic E-state index is 9.20. The first-order valence-corrected chi connectivity index (χ1v) is 4.00. The Bertz CT molecular complexity index is 295. The van der Waals surface area contributed by atoms with Gasteiger partial charge in [-0.3, -0.25) is 0 Å². The monoisotopic (exact) mass is 165 g/mol. The van der Waals surface area contributed by atoms with Gasteiger partial charge in [0.2, 0.25) is 0 Å². The summed E-state index contributed by atoms with van der Waals surface area (Å²) in [4.78, 5) is 0. The fourth-order valence-corrected chi connectivity index (χ4v) is 1.32. The second-order valence-electron chi connectivity index (χ2n) is 3.10. The van der Waals surface area contributed by atoms with Crippen molar-refractivity contribution in [2.45, 2.75) is 5.92 Å². The van der Waals surface area contributed by atoms with Crippen molar-refractivity contribution in [2.75, 3.05) is 13.1 Å². The summed E-state index contributed by atoms with van der Waals surface area (Å²) >= 11 is 0. The quantitative estimate of drug-likeness (QED) is 0.539. The van der Waals surface area contributed by atoms with Gasteiger partial charge < -0.3 is 15.5 Å². The molecule has 0 aromatic heterocycles. The fraction of sp³-hybridized carbons (Fsp3) is 0.333. The van der Waals surface area contributed by atoms with Gasteiger partial charge in [0.25, 0.3) is 0 Å². The van der Waals surface area contributed by atoms with E-state index in [0.717, 1.165) is 18.7 Å². The third-order valence-corrected chi connectivity index (χ3v) is 2.25. The van der Waals surface area contributed by atoms with Crippen molar-refractivity contribution in [3.05, 3.63) is 23.8 Å². The van der Waals surface area contributed by atoms with Crippen LogP contribution in [0.25, 0.3) is 0 Å². The molecule has 1 aromatic rings. The van der Waals surface area contributed by atoms with E-state index >= 15 is 0 Å². The zero-order valence-electron chi connectivity index (χ0n) is 6.62. The Hall–Kier alpha value is -1.22. The van der Waals surface area contributed by atoms with E-state index in [-0.39, 0.29) is 11.5 Å². The lowest BCUT2D eigenvalue weighted by molar-refractivity contribution is 0.399. The number of hydrogen-bond acceptors (Lipinski definition) is 3. The van der Waals surface area contributed by atoms with Crippen molar-refractivity contribution in [1.82, 2.24) is 5.32 Å². The topological polar surface area (TPSA) is 52.5 Å². The molecule has 0 unspecified atom stereocenters. The zero-order chi connectivity index (χ0) is 8.55. The van der Waals surface area contributed by atoms with Crippen LogP contribution in [0.4, 0.5) is 0 Å². The van der Waals surface area contributed by atoms with Crippen LogP contribution in [0.2, 0.25) is 0 Å². The molecule has 3 heteroatoms. The second kappa shape index (κ2) is 2.68. The normalized spacial score (nSPS) is 17.3. The lowest BCUT2D eigenvalue weighted by atomic mass is 9.93. The Kier molecular flexibility index (Phi) is 1.66. The first kappa shape index (κ1) is 7.43. The van der Waals surface area contributed by atoms with Crippen LogP contribution >= 0.6 is 0 Å². The molecular weight excluding hydrogens is 154 g/mol. The Morgan fingerprint density at radius 1 is 1.17 bits per heavy atom. The van der Waals surface area contributed by atoms with Crippen LogP contribution < -0.4 is 5.32 Å². The molecule has 0 amide bonds. The lowest BCUT2D eigenvalue weighted by Crippen LogP contribution is -2.39. The molecule has 0 saturated carbocycles. The van der Waals surface area contributed by atoms with Gasteiger partial charge in [0, 0.05) is 19.0 Å². The number of phenolic OH excluding ortho intramolecular Hbond substituents is 2. The summed E-state index contributed by atoms with van der Waals surface area (Å²) in [5.74, 6) is 0.418. The number of phenols is 2. The lowest BCUT2D eigenvalue weighted by Gasteiger charge is -2.27. The maximum Gasteiger partial charge on any atom is 0.157 e. The Morgan fingerprint density at radius 3 is 2.42 bits per heavy atom. The van der Waals surface area contributed by atoms with Gasteiger partial charge in [0.15, 0.2) is 11.5 Å². The van der Waals surface area contributed by atoms with E-state index < -0.39 is 0 Å². The Balaban J connectivity index is 2.27. The molecule has 1 heterocycles. The molecule has 3 N–H and O–H groups in total. The van der Waals surface area contributed by atoms with Gasteiger partial charge in [-0.1, -0.05) is 6.07 Å². The molecule has 2 rings (SSSR count). The SMILES string of the molecule is Oc1ccc(C2CNC2)cc1O. The highest BCUT2D eigenvalue weighted by molar-refractivity contribution is 5.42. The van der Waals surface area contributed by atoms with Crippen molar-refractivity contribution in [3.8, 4) is 11.5 Å². The van der Waals surface area contributed by atoms with E-state index in [4.69, 9.17) is 5.11 Å². The van der Waals surface area contributed by atoms with Crippen LogP contribution in [-0.2, 0) is 0 Å². The van der Waals surface area contributed by atoms with Crippen molar-refractivity contribution >= 4 is 0 Å². The summed E-state index contributed by atoms with van der Waals surface area (Å²) in [5.41, 5.74) is 1.09.